The van der Waals surface area contributed by atoms with Crippen LogP contribution in [0.3, 0.4) is 0 Å². The molecular formula is C23H17ClN2O3. The standard InChI is InChI=1S/C23H17ClN2O3/c1-13-21(22(26-29-13)17-7-2-4-8-18(17)24)23(27)25-14-10-11-16-15-6-3-5-9-19(15)28-20(16)12-14/h2-13,21H,1H3,(H,25,27)/t13-,21-/m1/s1. The summed E-state index contributed by atoms with van der Waals surface area (Å²) in [7, 11) is 0. The Labute approximate surface area is 171 Å². The molecule has 0 unspecified atom stereocenters. The van der Waals surface area contributed by atoms with Gasteiger partial charge in [0.15, 0.2) is 0 Å². The van der Waals surface area contributed by atoms with Crippen molar-refractivity contribution in [1.82, 2.24) is 0 Å². The van der Waals surface area contributed by atoms with E-state index in [-0.39, 0.29) is 5.91 Å². The Kier molecular flexibility index (Phi) is 4.25. The lowest BCUT2D eigenvalue weighted by Gasteiger charge is -2.16. The van der Waals surface area contributed by atoms with Crippen molar-refractivity contribution in [2.45, 2.75) is 13.0 Å². The van der Waals surface area contributed by atoms with Gasteiger partial charge in [-0.2, -0.15) is 0 Å². The number of carbonyl (C=O) groups excluding carboxylic acids is 1. The summed E-state index contributed by atoms with van der Waals surface area (Å²) >= 11 is 6.31. The van der Waals surface area contributed by atoms with Gasteiger partial charge in [0.25, 0.3) is 0 Å². The second-order valence-corrected chi connectivity index (χ2v) is 7.45. The average Bonchev–Trinajstić information content (AvgIpc) is 3.28. The molecule has 3 aromatic carbocycles. The Morgan fingerprint density at radius 3 is 2.62 bits per heavy atom. The molecule has 2 atom stereocenters. The molecule has 4 aromatic rings. The first kappa shape index (κ1) is 17.8. The first-order chi connectivity index (χ1) is 14.1. The Morgan fingerprint density at radius 2 is 1.76 bits per heavy atom. The molecule has 0 radical (unpaired) electrons. The number of fused-ring (bicyclic) bond motifs is 3. The van der Waals surface area contributed by atoms with Gasteiger partial charge in [0.2, 0.25) is 5.91 Å². The summed E-state index contributed by atoms with van der Waals surface area (Å²) in [6, 6.07) is 20.8. The molecule has 5 nitrogen and oxygen atoms in total. The van der Waals surface area contributed by atoms with E-state index >= 15 is 0 Å². The van der Waals surface area contributed by atoms with Crippen LogP contribution in [0.4, 0.5) is 5.69 Å². The molecule has 144 valence electrons. The molecule has 0 bridgehead atoms. The number of para-hydroxylation sites is 1. The monoisotopic (exact) mass is 404 g/mol. The van der Waals surface area contributed by atoms with Gasteiger partial charge in [-0.1, -0.05) is 53.2 Å². The maximum Gasteiger partial charge on any atom is 0.237 e. The summed E-state index contributed by atoms with van der Waals surface area (Å²) < 4.78 is 5.91. The molecule has 1 aliphatic heterocycles. The predicted octanol–water partition coefficient (Wildman–Crippen LogP) is 5.62. The molecule has 5 rings (SSSR count). The minimum Gasteiger partial charge on any atom is -0.456 e. The quantitative estimate of drug-likeness (QED) is 0.482. The first-order valence-electron chi connectivity index (χ1n) is 9.32. The molecule has 29 heavy (non-hydrogen) atoms. The van der Waals surface area contributed by atoms with Crippen molar-refractivity contribution < 1.29 is 14.0 Å². The fourth-order valence-corrected chi connectivity index (χ4v) is 3.96. The van der Waals surface area contributed by atoms with Crippen molar-refractivity contribution in [3.8, 4) is 0 Å². The highest BCUT2D eigenvalue weighted by Gasteiger charge is 2.38. The van der Waals surface area contributed by atoms with Gasteiger partial charge in [0, 0.05) is 33.1 Å². The number of oxime groups is 1. The van der Waals surface area contributed by atoms with Crippen LogP contribution in [0, 0.1) is 5.92 Å². The minimum atomic E-state index is -0.568. The van der Waals surface area contributed by atoms with Crippen molar-refractivity contribution in [2.75, 3.05) is 5.32 Å². The number of furan rings is 1. The van der Waals surface area contributed by atoms with Gasteiger partial charge in [-0.25, -0.2) is 0 Å². The summed E-state index contributed by atoms with van der Waals surface area (Å²) in [5.41, 5.74) is 3.42. The first-order valence-corrected chi connectivity index (χ1v) is 9.70. The second-order valence-electron chi connectivity index (χ2n) is 7.04. The Balaban J connectivity index is 1.45. The molecular weight excluding hydrogens is 388 g/mol. The molecule has 1 amide bonds. The van der Waals surface area contributed by atoms with E-state index in [2.05, 4.69) is 10.5 Å². The summed E-state index contributed by atoms with van der Waals surface area (Å²) in [6.07, 6.45) is -0.392. The second kappa shape index (κ2) is 6.94. The molecule has 0 saturated heterocycles. The van der Waals surface area contributed by atoms with Crippen LogP contribution < -0.4 is 5.32 Å². The van der Waals surface area contributed by atoms with E-state index in [1.807, 2.05) is 67.6 Å². The number of rotatable bonds is 3. The van der Waals surface area contributed by atoms with Crippen molar-refractivity contribution in [3.63, 3.8) is 0 Å². The lowest BCUT2D eigenvalue weighted by atomic mass is 9.92. The smallest absolute Gasteiger partial charge is 0.237 e. The Hall–Kier alpha value is -3.31. The number of hydrogen-bond acceptors (Lipinski definition) is 4. The number of carbonyl (C=O) groups is 1. The van der Waals surface area contributed by atoms with E-state index in [0.717, 1.165) is 21.9 Å². The van der Waals surface area contributed by atoms with Gasteiger partial charge in [-0.3, -0.25) is 4.79 Å². The van der Waals surface area contributed by atoms with Crippen LogP contribution in [0.1, 0.15) is 12.5 Å². The van der Waals surface area contributed by atoms with Crippen LogP contribution in [0.15, 0.2) is 76.3 Å². The van der Waals surface area contributed by atoms with Crippen molar-refractivity contribution >= 4 is 50.8 Å². The fraction of sp³-hybridized carbons (Fsp3) is 0.130. The van der Waals surface area contributed by atoms with Gasteiger partial charge in [0.1, 0.15) is 28.9 Å². The maximum atomic E-state index is 13.1. The zero-order chi connectivity index (χ0) is 20.0. The van der Waals surface area contributed by atoms with E-state index < -0.39 is 12.0 Å². The summed E-state index contributed by atoms with van der Waals surface area (Å²) in [6.45, 7) is 1.82. The SMILES string of the molecule is C[C@H]1ON=C(c2ccccc2Cl)[C@@H]1C(=O)Nc1ccc2c(c1)oc1ccccc12. The van der Waals surface area contributed by atoms with Crippen LogP contribution in [0.25, 0.3) is 21.9 Å². The van der Waals surface area contributed by atoms with Gasteiger partial charge < -0.3 is 14.6 Å². The summed E-state index contributed by atoms with van der Waals surface area (Å²) in [4.78, 5) is 18.5. The van der Waals surface area contributed by atoms with E-state index in [9.17, 15) is 4.79 Å². The van der Waals surface area contributed by atoms with Crippen molar-refractivity contribution in [1.29, 1.82) is 0 Å². The number of anilines is 1. The normalized spacial score (nSPS) is 18.6. The number of halogens is 1. The van der Waals surface area contributed by atoms with Crippen LogP contribution in [-0.4, -0.2) is 17.7 Å². The Bertz CT molecular complexity index is 1280. The third-order valence-electron chi connectivity index (χ3n) is 5.16. The molecule has 0 spiro atoms. The number of hydrogen-bond donors (Lipinski definition) is 1. The molecule has 1 aliphatic rings. The minimum absolute atomic E-state index is 0.205. The summed E-state index contributed by atoms with van der Waals surface area (Å²) in [5, 5.41) is 9.68. The van der Waals surface area contributed by atoms with Gasteiger partial charge in [-0.05, 0) is 31.2 Å². The molecule has 0 aliphatic carbocycles. The molecule has 1 N–H and O–H groups in total. The third-order valence-corrected chi connectivity index (χ3v) is 5.49. The van der Waals surface area contributed by atoms with Crippen molar-refractivity contribution in [3.05, 3.63) is 77.3 Å². The van der Waals surface area contributed by atoms with E-state index in [4.69, 9.17) is 20.9 Å². The average molecular weight is 405 g/mol. The maximum absolute atomic E-state index is 13.1. The number of amides is 1. The van der Waals surface area contributed by atoms with Crippen LogP contribution in [-0.2, 0) is 9.63 Å². The number of benzene rings is 3. The zero-order valence-corrected chi connectivity index (χ0v) is 16.3. The van der Waals surface area contributed by atoms with E-state index in [1.165, 1.54) is 0 Å². The molecule has 0 saturated carbocycles. The number of nitrogens with zero attached hydrogens (tertiary/aromatic N) is 1. The van der Waals surface area contributed by atoms with Crippen LogP contribution in [0.2, 0.25) is 5.02 Å². The highest BCUT2D eigenvalue weighted by Crippen LogP contribution is 2.32. The largest absolute Gasteiger partial charge is 0.456 e. The highest BCUT2D eigenvalue weighted by atomic mass is 35.5. The summed E-state index contributed by atoms with van der Waals surface area (Å²) in [5.74, 6) is -0.773. The molecule has 1 aromatic heterocycles. The number of nitrogens with one attached hydrogen (secondary N) is 1. The third kappa shape index (κ3) is 3.04. The van der Waals surface area contributed by atoms with Gasteiger partial charge in [-0.15, -0.1) is 0 Å². The highest BCUT2D eigenvalue weighted by molar-refractivity contribution is 6.35. The molecule has 2 heterocycles. The van der Waals surface area contributed by atoms with E-state index in [1.54, 1.807) is 6.07 Å². The van der Waals surface area contributed by atoms with Gasteiger partial charge in [0.05, 0.1) is 0 Å². The van der Waals surface area contributed by atoms with Crippen molar-refractivity contribution in [2.24, 2.45) is 11.1 Å². The molecule has 6 heteroatoms. The van der Waals surface area contributed by atoms with Gasteiger partial charge >= 0.3 is 0 Å². The fourth-order valence-electron chi connectivity index (χ4n) is 3.73. The lowest BCUT2D eigenvalue weighted by molar-refractivity contribution is -0.120. The Morgan fingerprint density at radius 1 is 1.00 bits per heavy atom. The molecule has 0 fully saturated rings. The van der Waals surface area contributed by atoms with Crippen LogP contribution >= 0.6 is 11.6 Å². The predicted molar refractivity (Wildman–Crippen MR) is 114 cm³/mol. The van der Waals surface area contributed by atoms with Crippen LogP contribution in [0.5, 0.6) is 0 Å². The van der Waals surface area contributed by atoms with E-state index in [0.29, 0.717) is 22.0 Å². The lowest BCUT2D eigenvalue weighted by Crippen LogP contribution is -2.34. The zero-order valence-electron chi connectivity index (χ0n) is 15.6. The topological polar surface area (TPSA) is 63.8 Å².